The highest BCUT2D eigenvalue weighted by molar-refractivity contribution is 5.86. The molecule has 0 aromatic carbocycles. The highest BCUT2D eigenvalue weighted by Gasteiger charge is 2.66. The number of fused-ring (bicyclic) bond motifs is 1. The average molecular weight is 213 g/mol. The zero-order valence-electron chi connectivity index (χ0n) is 8.86. The molecule has 0 spiro atoms. The SMILES string of the molecule is COC(=O)C1C2CC1C(N)(C(=O)OC)C2. The van der Waals surface area contributed by atoms with Crippen LogP contribution < -0.4 is 5.73 Å². The summed E-state index contributed by atoms with van der Waals surface area (Å²) in [5.41, 5.74) is 5.02. The lowest BCUT2D eigenvalue weighted by atomic mass is 9.69. The van der Waals surface area contributed by atoms with Gasteiger partial charge < -0.3 is 15.2 Å². The minimum absolute atomic E-state index is 0.109. The first-order valence-electron chi connectivity index (χ1n) is 4.99. The first-order valence-corrected chi connectivity index (χ1v) is 4.99. The molecule has 3 fully saturated rings. The number of methoxy groups -OCH3 is 2. The summed E-state index contributed by atoms with van der Waals surface area (Å²) in [7, 11) is 2.68. The molecule has 5 nitrogen and oxygen atoms in total. The van der Waals surface area contributed by atoms with Gasteiger partial charge in [-0.15, -0.1) is 0 Å². The molecule has 3 aliphatic carbocycles. The molecule has 5 heteroatoms. The van der Waals surface area contributed by atoms with Crippen LogP contribution in [0.4, 0.5) is 0 Å². The molecule has 0 radical (unpaired) electrons. The van der Waals surface area contributed by atoms with Crippen molar-refractivity contribution in [3.63, 3.8) is 0 Å². The van der Waals surface area contributed by atoms with Gasteiger partial charge in [-0.25, -0.2) is 0 Å². The zero-order valence-corrected chi connectivity index (χ0v) is 8.86. The minimum atomic E-state index is -0.974. The Bertz CT molecular complexity index is 317. The topological polar surface area (TPSA) is 78.6 Å². The molecule has 0 aliphatic heterocycles. The van der Waals surface area contributed by atoms with Crippen LogP contribution in [0.1, 0.15) is 12.8 Å². The fourth-order valence-electron chi connectivity index (χ4n) is 3.00. The maximum absolute atomic E-state index is 11.5. The van der Waals surface area contributed by atoms with E-state index in [9.17, 15) is 9.59 Å². The van der Waals surface area contributed by atoms with Gasteiger partial charge >= 0.3 is 11.9 Å². The number of hydrogen-bond donors (Lipinski definition) is 1. The van der Waals surface area contributed by atoms with Gasteiger partial charge in [-0.05, 0) is 18.8 Å². The second-order valence-corrected chi connectivity index (χ2v) is 4.39. The molecule has 0 amide bonds. The molecule has 0 heterocycles. The van der Waals surface area contributed by atoms with Crippen molar-refractivity contribution >= 4 is 11.9 Å². The second kappa shape index (κ2) is 3.20. The summed E-state index contributed by atoms with van der Waals surface area (Å²) in [6.07, 6.45) is 1.36. The predicted molar refractivity (Wildman–Crippen MR) is 50.7 cm³/mol. The summed E-state index contributed by atoms with van der Waals surface area (Å²) in [4.78, 5) is 23.0. The first kappa shape index (κ1) is 10.4. The molecule has 0 saturated heterocycles. The van der Waals surface area contributed by atoms with Gasteiger partial charge in [0.15, 0.2) is 0 Å². The first-order chi connectivity index (χ1) is 7.04. The molecule has 3 rings (SSSR count). The van der Waals surface area contributed by atoms with E-state index in [4.69, 9.17) is 10.5 Å². The molecule has 2 bridgehead atoms. The monoisotopic (exact) mass is 213 g/mol. The van der Waals surface area contributed by atoms with Gasteiger partial charge in [0.25, 0.3) is 0 Å². The molecular weight excluding hydrogens is 198 g/mol. The zero-order chi connectivity index (χ0) is 11.2. The van der Waals surface area contributed by atoms with Gasteiger partial charge in [-0.1, -0.05) is 0 Å². The summed E-state index contributed by atoms with van der Waals surface area (Å²) in [6, 6.07) is 0. The third-order valence-corrected chi connectivity index (χ3v) is 3.80. The lowest BCUT2D eigenvalue weighted by Gasteiger charge is -2.36. The molecule has 15 heavy (non-hydrogen) atoms. The van der Waals surface area contributed by atoms with Crippen molar-refractivity contribution in [1.82, 2.24) is 0 Å². The molecular formula is C10H15NO4. The van der Waals surface area contributed by atoms with Crippen molar-refractivity contribution in [2.45, 2.75) is 18.4 Å². The third-order valence-electron chi connectivity index (χ3n) is 3.80. The van der Waals surface area contributed by atoms with Crippen LogP contribution in [-0.4, -0.2) is 31.7 Å². The largest absolute Gasteiger partial charge is 0.469 e. The standard InChI is InChI=1S/C10H15NO4/c1-14-8(12)7-5-3-6(7)10(11,4-5)9(13)15-2/h5-7H,3-4,11H2,1-2H3. The number of carbonyl (C=O) groups is 2. The smallest absolute Gasteiger partial charge is 0.326 e. The predicted octanol–water partition coefficient (Wildman–Crippen LogP) is -0.314. The van der Waals surface area contributed by atoms with E-state index in [1.54, 1.807) is 0 Å². The Morgan fingerprint density at radius 2 is 2.00 bits per heavy atom. The van der Waals surface area contributed by atoms with Crippen molar-refractivity contribution in [2.75, 3.05) is 14.2 Å². The Hall–Kier alpha value is -1.10. The minimum Gasteiger partial charge on any atom is -0.469 e. The van der Waals surface area contributed by atoms with Crippen LogP contribution in [-0.2, 0) is 19.1 Å². The van der Waals surface area contributed by atoms with E-state index in [1.807, 2.05) is 0 Å². The molecule has 0 aromatic heterocycles. The summed E-state index contributed by atoms with van der Waals surface area (Å²) < 4.78 is 9.37. The van der Waals surface area contributed by atoms with Crippen LogP contribution in [0.3, 0.4) is 0 Å². The molecule has 84 valence electrons. The molecule has 3 saturated carbocycles. The summed E-state index contributed by atoms with van der Waals surface area (Å²) in [6.45, 7) is 0. The number of esters is 2. The number of nitrogens with two attached hydrogens (primary N) is 1. The van der Waals surface area contributed by atoms with Crippen LogP contribution in [0, 0.1) is 17.8 Å². The number of ether oxygens (including phenoxy) is 2. The number of carbonyl (C=O) groups excluding carboxylic acids is 2. The number of hydrogen-bond acceptors (Lipinski definition) is 5. The van der Waals surface area contributed by atoms with Crippen LogP contribution in [0.5, 0.6) is 0 Å². The highest BCUT2D eigenvalue weighted by atomic mass is 16.5. The van der Waals surface area contributed by atoms with Gasteiger partial charge in [-0.2, -0.15) is 0 Å². The van der Waals surface area contributed by atoms with Crippen molar-refractivity contribution in [1.29, 1.82) is 0 Å². The Kier molecular flexibility index (Phi) is 2.22. The summed E-state index contributed by atoms with van der Waals surface area (Å²) in [5.74, 6) is -0.804. The van der Waals surface area contributed by atoms with Gasteiger partial charge in [0.2, 0.25) is 0 Å². The highest BCUT2D eigenvalue weighted by Crippen LogP contribution is 2.58. The van der Waals surface area contributed by atoms with Crippen LogP contribution in [0.2, 0.25) is 0 Å². The molecule has 4 atom stereocenters. The maximum Gasteiger partial charge on any atom is 0.326 e. The van der Waals surface area contributed by atoms with Gasteiger partial charge in [0.1, 0.15) is 5.54 Å². The quantitative estimate of drug-likeness (QED) is 0.636. The van der Waals surface area contributed by atoms with Gasteiger partial charge in [-0.3, -0.25) is 9.59 Å². The fraction of sp³-hybridized carbons (Fsp3) is 0.800. The molecule has 2 N–H and O–H groups in total. The van der Waals surface area contributed by atoms with E-state index < -0.39 is 11.5 Å². The Balaban J connectivity index is 2.16. The van der Waals surface area contributed by atoms with E-state index in [0.29, 0.717) is 6.42 Å². The van der Waals surface area contributed by atoms with Crippen LogP contribution >= 0.6 is 0 Å². The van der Waals surface area contributed by atoms with E-state index >= 15 is 0 Å². The van der Waals surface area contributed by atoms with Crippen LogP contribution in [0.15, 0.2) is 0 Å². The van der Waals surface area contributed by atoms with Crippen molar-refractivity contribution in [2.24, 2.45) is 23.5 Å². The summed E-state index contributed by atoms with van der Waals surface area (Å²) in [5, 5.41) is 0. The van der Waals surface area contributed by atoms with E-state index in [-0.39, 0.29) is 23.7 Å². The van der Waals surface area contributed by atoms with E-state index in [0.717, 1.165) is 6.42 Å². The Labute approximate surface area is 87.9 Å². The lowest BCUT2D eigenvalue weighted by Crippen LogP contribution is -2.53. The molecule has 3 aliphatic rings. The molecule has 0 aromatic rings. The van der Waals surface area contributed by atoms with Gasteiger partial charge in [0.05, 0.1) is 20.1 Å². The van der Waals surface area contributed by atoms with Gasteiger partial charge in [0, 0.05) is 5.92 Å². The normalized spacial score (nSPS) is 41.9. The second-order valence-electron chi connectivity index (χ2n) is 4.39. The maximum atomic E-state index is 11.5. The van der Waals surface area contributed by atoms with Crippen molar-refractivity contribution in [3.05, 3.63) is 0 Å². The third kappa shape index (κ3) is 1.19. The average Bonchev–Trinajstić information content (AvgIpc) is 2.69. The van der Waals surface area contributed by atoms with Crippen molar-refractivity contribution in [3.8, 4) is 0 Å². The van der Waals surface area contributed by atoms with Crippen molar-refractivity contribution < 1.29 is 19.1 Å². The Morgan fingerprint density at radius 3 is 2.53 bits per heavy atom. The lowest BCUT2D eigenvalue weighted by molar-refractivity contribution is -0.156. The molecule has 4 unspecified atom stereocenters. The number of rotatable bonds is 2. The van der Waals surface area contributed by atoms with E-state index in [1.165, 1.54) is 14.2 Å². The summed E-state index contributed by atoms with van der Waals surface area (Å²) >= 11 is 0. The Morgan fingerprint density at radius 1 is 1.33 bits per heavy atom. The van der Waals surface area contributed by atoms with Crippen LogP contribution in [0.25, 0.3) is 0 Å². The fourth-order valence-corrected chi connectivity index (χ4v) is 3.00. The van der Waals surface area contributed by atoms with E-state index in [2.05, 4.69) is 4.74 Å².